The van der Waals surface area contributed by atoms with Crippen molar-refractivity contribution in [2.75, 3.05) is 13.9 Å². The SMILES string of the molecule is COCOCc1ccc(/C=C/[C@@H](C[C@H](O)C(C)C)c2ccccc2)cc1. The van der Waals surface area contributed by atoms with Crippen molar-refractivity contribution in [3.63, 3.8) is 0 Å². The molecule has 0 heterocycles. The third-order valence-electron chi connectivity index (χ3n) is 4.46. The first-order chi connectivity index (χ1) is 12.6. The maximum absolute atomic E-state index is 10.3. The summed E-state index contributed by atoms with van der Waals surface area (Å²) in [6.45, 7) is 4.96. The molecule has 2 aromatic carbocycles. The summed E-state index contributed by atoms with van der Waals surface area (Å²) >= 11 is 0. The van der Waals surface area contributed by atoms with Gasteiger partial charge in [-0.3, -0.25) is 0 Å². The second kappa shape index (κ2) is 10.9. The standard InChI is InChI=1S/C23H30O3/c1-18(2)23(24)15-22(21-7-5-4-6-8-21)14-13-19-9-11-20(12-10-19)16-26-17-25-3/h4-14,18,22-24H,15-17H2,1-3H3/b14-13+/t22-,23-/m0/s1. The molecule has 2 rings (SSSR count). The van der Waals surface area contributed by atoms with Crippen LogP contribution in [0.4, 0.5) is 0 Å². The lowest BCUT2D eigenvalue weighted by atomic mass is 9.89. The Labute approximate surface area is 157 Å². The van der Waals surface area contributed by atoms with Crippen molar-refractivity contribution < 1.29 is 14.6 Å². The first-order valence-electron chi connectivity index (χ1n) is 9.17. The quantitative estimate of drug-likeness (QED) is 0.481. The van der Waals surface area contributed by atoms with Gasteiger partial charge in [-0.2, -0.15) is 0 Å². The summed E-state index contributed by atoms with van der Waals surface area (Å²) in [5.41, 5.74) is 3.49. The maximum Gasteiger partial charge on any atom is 0.146 e. The molecule has 0 spiro atoms. The van der Waals surface area contributed by atoms with Crippen LogP contribution in [0, 0.1) is 5.92 Å². The molecule has 2 atom stereocenters. The molecule has 0 bridgehead atoms. The molecule has 0 amide bonds. The zero-order valence-corrected chi connectivity index (χ0v) is 16.0. The van der Waals surface area contributed by atoms with Crippen LogP contribution in [0.2, 0.25) is 0 Å². The summed E-state index contributed by atoms with van der Waals surface area (Å²) in [5, 5.41) is 10.3. The van der Waals surface area contributed by atoms with Crippen molar-refractivity contribution in [1.29, 1.82) is 0 Å². The van der Waals surface area contributed by atoms with Crippen LogP contribution >= 0.6 is 0 Å². The van der Waals surface area contributed by atoms with Gasteiger partial charge in [-0.15, -0.1) is 0 Å². The van der Waals surface area contributed by atoms with E-state index in [1.54, 1.807) is 7.11 Å². The van der Waals surface area contributed by atoms with Gasteiger partial charge in [0.1, 0.15) is 6.79 Å². The first-order valence-corrected chi connectivity index (χ1v) is 9.17. The summed E-state index contributed by atoms with van der Waals surface area (Å²) in [5.74, 6) is 0.444. The monoisotopic (exact) mass is 354 g/mol. The molecule has 3 nitrogen and oxygen atoms in total. The number of hydrogen-bond donors (Lipinski definition) is 1. The molecule has 0 aliphatic carbocycles. The largest absolute Gasteiger partial charge is 0.393 e. The smallest absolute Gasteiger partial charge is 0.146 e. The molecule has 3 heteroatoms. The second-order valence-electron chi connectivity index (χ2n) is 6.92. The van der Waals surface area contributed by atoms with Gasteiger partial charge in [0, 0.05) is 13.0 Å². The number of hydrogen-bond acceptors (Lipinski definition) is 3. The highest BCUT2D eigenvalue weighted by atomic mass is 16.7. The topological polar surface area (TPSA) is 38.7 Å². The van der Waals surface area contributed by atoms with Crippen LogP contribution in [0.1, 0.15) is 42.9 Å². The number of allylic oxidation sites excluding steroid dienone is 1. The van der Waals surface area contributed by atoms with Crippen LogP contribution in [0.15, 0.2) is 60.7 Å². The van der Waals surface area contributed by atoms with E-state index in [9.17, 15) is 5.11 Å². The Bertz CT molecular complexity index is 647. The molecular weight excluding hydrogens is 324 g/mol. The summed E-state index contributed by atoms with van der Waals surface area (Å²) in [4.78, 5) is 0. The van der Waals surface area contributed by atoms with Crippen LogP contribution in [0.3, 0.4) is 0 Å². The molecule has 0 saturated heterocycles. The van der Waals surface area contributed by atoms with Crippen LogP contribution < -0.4 is 0 Å². The van der Waals surface area contributed by atoms with Crippen molar-refractivity contribution in [1.82, 2.24) is 0 Å². The number of methoxy groups -OCH3 is 1. The maximum atomic E-state index is 10.3. The van der Waals surface area contributed by atoms with Crippen molar-refractivity contribution >= 4 is 6.08 Å². The van der Waals surface area contributed by atoms with Crippen molar-refractivity contribution in [2.45, 2.75) is 38.9 Å². The number of aliphatic hydroxyl groups excluding tert-OH is 1. The second-order valence-corrected chi connectivity index (χ2v) is 6.92. The van der Waals surface area contributed by atoms with E-state index < -0.39 is 0 Å². The fourth-order valence-corrected chi connectivity index (χ4v) is 2.75. The normalized spacial score (nSPS) is 14.0. The molecule has 140 valence electrons. The molecule has 26 heavy (non-hydrogen) atoms. The number of aliphatic hydroxyl groups is 1. The minimum Gasteiger partial charge on any atom is -0.393 e. The van der Waals surface area contributed by atoms with Gasteiger partial charge >= 0.3 is 0 Å². The van der Waals surface area contributed by atoms with E-state index in [-0.39, 0.29) is 17.9 Å². The third-order valence-corrected chi connectivity index (χ3v) is 4.46. The van der Waals surface area contributed by atoms with Crippen molar-refractivity contribution in [3.8, 4) is 0 Å². The van der Waals surface area contributed by atoms with Crippen LogP contribution in [-0.2, 0) is 16.1 Å². The molecule has 0 radical (unpaired) electrons. The molecule has 2 aromatic rings. The average Bonchev–Trinajstić information content (AvgIpc) is 2.66. The first kappa shape index (κ1) is 20.4. The van der Waals surface area contributed by atoms with Crippen LogP contribution in [0.25, 0.3) is 6.08 Å². The third kappa shape index (κ3) is 6.75. The van der Waals surface area contributed by atoms with Crippen LogP contribution in [-0.4, -0.2) is 25.1 Å². The van der Waals surface area contributed by atoms with E-state index >= 15 is 0 Å². The lowest BCUT2D eigenvalue weighted by Crippen LogP contribution is -2.17. The van der Waals surface area contributed by atoms with Crippen LogP contribution in [0.5, 0.6) is 0 Å². The summed E-state index contributed by atoms with van der Waals surface area (Å²) < 4.78 is 10.3. The molecule has 0 saturated carbocycles. The predicted molar refractivity (Wildman–Crippen MR) is 107 cm³/mol. The highest BCUT2D eigenvalue weighted by Gasteiger charge is 2.16. The zero-order valence-electron chi connectivity index (χ0n) is 16.0. The van der Waals surface area contributed by atoms with E-state index in [1.165, 1.54) is 5.56 Å². The van der Waals surface area contributed by atoms with Crippen molar-refractivity contribution in [3.05, 3.63) is 77.4 Å². The minimum atomic E-state index is -0.315. The summed E-state index contributed by atoms with van der Waals surface area (Å²) in [6.07, 6.45) is 4.73. The average molecular weight is 354 g/mol. The summed E-state index contributed by atoms with van der Waals surface area (Å²) in [6, 6.07) is 18.7. The fourth-order valence-electron chi connectivity index (χ4n) is 2.75. The molecule has 1 N–H and O–H groups in total. The van der Waals surface area contributed by atoms with Gasteiger partial charge in [-0.05, 0) is 29.0 Å². The molecule has 0 aliphatic heterocycles. The van der Waals surface area contributed by atoms with E-state index in [0.717, 1.165) is 17.5 Å². The fraction of sp³-hybridized carbons (Fsp3) is 0.391. The number of ether oxygens (including phenoxy) is 2. The zero-order chi connectivity index (χ0) is 18.8. The van der Waals surface area contributed by atoms with E-state index in [1.807, 2.05) is 18.2 Å². The molecular formula is C23H30O3. The Kier molecular flexibility index (Phi) is 8.56. The Balaban J connectivity index is 2.06. The summed E-state index contributed by atoms with van der Waals surface area (Å²) in [7, 11) is 1.62. The molecule has 0 aromatic heterocycles. The molecule has 0 aliphatic rings. The van der Waals surface area contributed by atoms with Gasteiger partial charge in [0.2, 0.25) is 0 Å². The predicted octanol–water partition coefficient (Wildman–Crippen LogP) is 5.01. The van der Waals surface area contributed by atoms with Gasteiger partial charge in [-0.25, -0.2) is 0 Å². The Morgan fingerprint density at radius 2 is 1.69 bits per heavy atom. The number of rotatable bonds is 10. The Morgan fingerprint density at radius 1 is 1.00 bits per heavy atom. The molecule has 0 fully saturated rings. The van der Waals surface area contributed by atoms with E-state index in [2.05, 4.69) is 62.4 Å². The van der Waals surface area contributed by atoms with Gasteiger partial charge in [0.05, 0.1) is 12.7 Å². The highest BCUT2D eigenvalue weighted by molar-refractivity contribution is 5.51. The van der Waals surface area contributed by atoms with E-state index in [4.69, 9.17) is 9.47 Å². The number of benzene rings is 2. The minimum absolute atomic E-state index is 0.193. The van der Waals surface area contributed by atoms with Crippen molar-refractivity contribution in [2.24, 2.45) is 5.92 Å². The Morgan fingerprint density at radius 3 is 2.31 bits per heavy atom. The molecule has 0 unspecified atom stereocenters. The van der Waals surface area contributed by atoms with Gasteiger partial charge in [0.25, 0.3) is 0 Å². The Hall–Kier alpha value is -1.94. The van der Waals surface area contributed by atoms with Gasteiger partial charge < -0.3 is 14.6 Å². The lowest BCUT2D eigenvalue weighted by molar-refractivity contribution is -0.0390. The van der Waals surface area contributed by atoms with Gasteiger partial charge in [-0.1, -0.05) is 80.6 Å². The lowest BCUT2D eigenvalue weighted by Gasteiger charge is -2.20. The van der Waals surface area contributed by atoms with E-state index in [0.29, 0.717) is 13.4 Å². The highest BCUT2D eigenvalue weighted by Crippen LogP contribution is 2.26. The van der Waals surface area contributed by atoms with Gasteiger partial charge in [0.15, 0.2) is 0 Å².